The van der Waals surface area contributed by atoms with E-state index in [2.05, 4.69) is 15.4 Å². The fourth-order valence-electron chi connectivity index (χ4n) is 2.91. The van der Waals surface area contributed by atoms with E-state index in [1.165, 1.54) is 0 Å². The molecule has 0 unspecified atom stereocenters. The SMILES string of the molecule is COc1cccc(-n2[nH]c3c(c2=O)CCNc2ncccc2-3)c1. The van der Waals surface area contributed by atoms with Gasteiger partial charge in [-0.15, -0.1) is 0 Å². The van der Waals surface area contributed by atoms with Gasteiger partial charge in [0.15, 0.2) is 0 Å². The lowest BCUT2D eigenvalue weighted by molar-refractivity contribution is 0.414. The van der Waals surface area contributed by atoms with E-state index >= 15 is 0 Å². The summed E-state index contributed by atoms with van der Waals surface area (Å²) in [5.41, 5.74) is 3.23. The summed E-state index contributed by atoms with van der Waals surface area (Å²) in [5.74, 6) is 1.51. The number of hydrogen-bond donors (Lipinski definition) is 2. The maximum atomic E-state index is 12.8. The third kappa shape index (κ3) is 2.19. The second-order valence-electron chi connectivity index (χ2n) is 5.38. The minimum absolute atomic E-state index is 0.0354. The zero-order valence-electron chi connectivity index (χ0n) is 12.7. The summed E-state index contributed by atoms with van der Waals surface area (Å²) in [7, 11) is 1.61. The average molecular weight is 308 g/mol. The highest BCUT2D eigenvalue weighted by Gasteiger charge is 2.21. The molecule has 0 saturated heterocycles. The number of hydrogen-bond acceptors (Lipinski definition) is 4. The first-order valence-electron chi connectivity index (χ1n) is 7.45. The molecule has 6 heteroatoms. The molecule has 0 spiro atoms. The molecule has 1 aliphatic heterocycles. The molecule has 0 aliphatic carbocycles. The first-order chi connectivity index (χ1) is 11.3. The fourth-order valence-corrected chi connectivity index (χ4v) is 2.91. The first-order valence-corrected chi connectivity index (χ1v) is 7.45. The van der Waals surface area contributed by atoms with Crippen molar-refractivity contribution in [2.24, 2.45) is 0 Å². The lowest BCUT2D eigenvalue weighted by Gasteiger charge is -2.07. The maximum absolute atomic E-state index is 12.8. The van der Waals surface area contributed by atoms with Crippen LogP contribution < -0.4 is 15.6 Å². The van der Waals surface area contributed by atoms with Gasteiger partial charge < -0.3 is 10.1 Å². The minimum Gasteiger partial charge on any atom is -0.497 e. The molecule has 3 heterocycles. The molecule has 23 heavy (non-hydrogen) atoms. The minimum atomic E-state index is -0.0354. The van der Waals surface area contributed by atoms with Crippen LogP contribution in [-0.2, 0) is 6.42 Å². The normalized spacial score (nSPS) is 12.7. The van der Waals surface area contributed by atoms with E-state index in [0.717, 1.165) is 28.3 Å². The number of anilines is 1. The molecule has 6 nitrogen and oxygen atoms in total. The number of benzene rings is 1. The van der Waals surface area contributed by atoms with E-state index < -0.39 is 0 Å². The van der Waals surface area contributed by atoms with Crippen molar-refractivity contribution in [3.05, 3.63) is 58.5 Å². The highest BCUT2D eigenvalue weighted by molar-refractivity contribution is 5.75. The van der Waals surface area contributed by atoms with Crippen LogP contribution in [0, 0.1) is 0 Å². The molecule has 4 rings (SSSR count). The molecule has 116 valence electrons. The topological polar surface area (TPSA) is 71.9 Å². The number of nitrogens with zero attached hydrogens (tertiary/aromatic N) is 2. The second-order valence-corrected chi connectivity index (χ2v) is 5.38. The molecule has 0 radical (unpaired) electrons. The first kappa shape index (κ1) is 13.6. The van der Waals surface area contributed by atoms with Crippen LogP contribution >= 0.6 is 0 Å². The van der Waals surface area contributed by atoms with Crippen molar-refractivity contribution >= 4 is 5.82 Å². The number of ether oxygens (including phenoxy) is 1. The Kier molecular flexibility index (Phi) is 3.15. The van der Waals surface area contributed by atoms with Gasteiger partial charge in [0.1, 0.15) is 11.6 Å². The number of H-pyrrole nitrogens is 1. The number of rotatable bonds is 2. The second kappa shape index (κ2) is 5.31. The van der Waals surface area contributed by atoms with Crippen molar-refractivity contribution in [2.75, 3.05) is 19.0 Å². The molecule has 2 aromatic heterocycles. The number of fused-ring (bicyclic) bond motifs is 3. The third-order valence-corrected chi connectivity index (χ3v) is 4.04. The number of aromatic amines is 1. The predicted octanol–water partition coefficient (Wildman–Crippen LogP) is 2.20. The van der Waals surface area contributed by atoms with E-state index in [4.69, 9.17) is 4.74 Å². The van der Waals surface area contributed by atoms with Gasteiger partial charge in [-0.2, -0.15) is 0 Å². The fraction of sp³-hybridized carbons (Fsp3) is 0.176. The molecule has 1 aliphatic rings. The van der Waals surface area contributed by atoms with Gasteiger partial charge in [0, 0.05) is 29.9 Å². The van der Waals surface area contributed by atoms with Gasteiger partial charge in [-0.05, 0) is 30.7 Å². The summed E-state index contributed by atoms with van der Waals surface area (Å²) < 4.78 is 6.81. The van der Waals surface area contributed by atoms with Crippen LogP contribution in [0.4, 0.5) is 5.82 Å². The van der Waals surface area contributed by atoms with Crippen molar-refractivity contribution < 1.29 is 4.74 Å². The van der Waals surface area contributed by atoms with Gasteiger partial charge in [0.25, 0.3) is 5.56 Å². The summed E-state index contributed by atoms with van der Waals surface area (Å²) in [6.45, 7) is 0.683. The van der Waals surface area contributed by atoms with Gasteiger partial charge in [-0.3, -0.25) is 9.89 Å². The molecular weight excluding hydrogens is 292 g/mol. The van der Waals surface area contributed by atoms with E-state index in [1.54, 1.807) is 18.0 Å². The van der Waals surface area contributed by atoms with Crippen LogP contribution in [0.1, 0.15) is 5.56 Å². The molecule has 2 N–H and O–H groups in total. The Balaban J connectivity index is 1.92. The van der Waals surface area contributed by atoms with Gasteiger partial charge in [-0.25, -0.2) is 9.67 Å². The molecule has 1 aromatic carbocycles. The Bertz CT molecular complexity index is 926. The summed E-state index contributed by atoms with van der Waals surface area (Å²) in [5, 5.41) is 6.50. The van der Waals surface area contributed by atoms with Gasteiger partial charge in [-0.1, -0.05) is 6.07 Å². The van der Waals surface area contributed by atoms with E-state index in [9.17, 15) is 4.79 Å². The third-order valence-electron chi connectivity index (χ3n) is 4.04. The zero-order valence-corrected chi connectivity index (χ0v) is 12.7. The molecule has 0 fully saturated rings. The van der Waals surface area contributed by atoms with Crippen LogP contribution in [0.2, 0.25) is 0 Å². The number of aromatic nitrogens is 3. The lowest BCUT2D eigenvalue weighted by atomic mass is 10.1. The lowest BCUT2D eigenvalue weighted by Crippen LogP contribution is -2.19. The zero-order chi connectivity index (χ0) is 15.8. The van der Waals surface area contributed by atoms with Crippen LogP contribution in [0.3, 0.4) is 0 Å². The van der Waals surface area contributed by atoms with Gasteiger partial charge in [0.2, 0.25) is 0 Å². The highest BCUT2D eigenvalue weighted by atomic mass is 16.5. The van der Waals surface area contributed by atoms with Gasteiger partial charge in [0.05, 0.1) is 18.5 Å². The van der Waals surface area contributed by atoms with Crippen LogP contribution in [0.15, 0.2) is 47.4 Å². The smallest absolute Gasteiger partial charge is 0.275 e. The Morgan fingerprint density at radius 1 is 1.26 bits per heavy atom. The van der Waals surface area contributed by atoms with E-state index in [0.29, 0.717) is 18.7 Å². The van der Waals surface area contributed by atoms with Crippen LogP contribution in [0.25, 0.3) is 16.9 Å². The van der Waals surface area contributed by atoms with E-state index in [1.807, 2.05) is 36.4 Å². The van der Waals surface area contributed by atoms with Crippen LogP contribution in [0.5, 0.6) is 5.75 Å². The highest BCUT2D eigenvalue weighted by Crippen LogP contribution is 2.29. The van der Waals surface area contributed by atoms with Gasteiger partial charge >= 0.3 is 0 Å². The predicted molar refractivity (Wildman–Crippen MR) is 88.4 cm³/mol. The van der Waals surface area contributed by atoms with Crippen molar-refractivity contribution in [1.29, 1.82) is 0 Å². The average Bonchev–Trinajstić information content (AvgIpc) is 2.81. The van der Waals surface area contributed by atoms with E-state index in [-0.39, 0.29) is 5.56 Å². The van der Waals surface area contributed by atoms with Crippen molar-refractivity contribution in [3.8, 4) is 22.7 Å². The molecule has 3 aromatic rings. The Labute approximate surface area is 132 Å². The Morgan fingerprint density at radius 2 is 2.17 bits per heavy atom. The quantitative estimate of drug-likeness (QED) is 0.761. The summed E-state index contributed by atoms with van der Waals surface area (Å²) >= 11 is 0. The molecule has 0 atom stereocenters. The maximum Gasteiger partial charge on any atom is 0.275 e. The Hall–Kier alpha value is -3.02. The summed E-state index contributed by atoms with van der Waals surface area (Å²) in [4.78, 5) is 17.2. The van der Waals surface area contributed by atoms with Crippen LogP contribution in [-0.4, -0.2) is 28.4 Å². The standard InChI is InChI=1S/C17H16N4O2/c1-23-12-5-2-4-11(10-12)21-17(22)14-7-9-19-16-13(15(14)20-21)6-3-8-18-16/h2-6,8,10,20H,7,9H2,1H3,(H,18,19). The monoisotopic (exact) mass is 308 g/mol. The summed E-state index contributed by atoms with van der Waals surface area (Å²) in [6, 6.07) is 11.3. The molecule has 0 amide bonds. The molecule has 0 bridgehead atoms. The Morgan fingerprint density at radius 3 is 3.04 bits per heavy atom. The van der Waals surface area contributed by atoms with Crippen molar-refractivity contribution in [2.45, 2.75) is 6.42 Å². The largest absolute Gasteiger partial charge is 0.497 e. The molecular formula is C17H16N4O2. The number of pyridine rings is 1. The molecule has 0 saturated carbocycles. The van der Waals surface area contributed by atoms with Crippen molar-refractivity contribution in [3.63, 3.8) is 0 Å². The number of methoxy groups -OCH3 is 1. The van der Waals surface area contributed by atoms with Crippen molar-refractivity contribution in [1.82, 2.24) is 14.8 Å². The number of nitrogens with one attached hydrogen (secondary N) is 2. The summed E-state index contributed by atoms with van der Waals surface area (Å²) in [6.07, 6.45) is 2.39.